The van der Waals surface area contributed by atoms with Gasteiger partial charge in [-0.3, -0.25) is 10.1 Å². The number of benzene rings is 1. The van der Waals surface area contributed by atoms with Crippen molar-refractivity contribution in [1.82, 2.24) is 0 Å². The third-order valence-corrected chi connectivity index (χ3v) is 2.82. The van der Waals surface area contributed by atoms with Crippen LogP contribution < -0.4 is 4.74 Å². The fourth-order valence-electron chi connectivity index (χ4n) is 1.55. The maximum Gasteiger partial charge on any atom is 0.511 e. The van der Waals surface area contributed by atoms with Crippen LogP contribution in [0.15, 0.2) is 18.2 Å². The van der Waals surface area contributed by atoms with Crippen molar-refractivity contribution in [2.75, 3.05) is 5.88 Å². The Morgan fingerprint density at radius 2 is 2.28 bits per heavy atom. The van der Waals surface area contributed by atoms with Gasteiger partial charge in [-0.25, -0.2) is 4.79 Å². The van der Waals surface area contributed by atoms with Gasteiger partial charge in [-0.2, -0.15) is 0 Å². The average Bonchev–Trinajstić information content (AvgIpc) is 2.27. The molecule has 98 valence electrons. The predicted molar refractivity (Wildman–Crippen MR) is 65.3 cm³/mol. The normalized spacial score (nSPS) is 11.9. The Labute approximate surface area is 108 Å². The minimum Gasteiger partial charge on any atom is -0.449 e. The summed E-state index contributed by atoms with van der Waals surface area (Å²) >= 11 is 5.66. The number of carbonyl (C=O) groups is 1. The first kappa shape index (κ1) is 14.2. The molecule has 1 N–H and O–H groups in total. The minimum atomic E-state index is -1.58. The van der Waals surface area contributed by atoms with Gasteiger partial charge >= 0.3 is 11.8 Å². The van der Waals surface area contributed by atoms with Crippen LogP contribution in [-0.4, -0.2) is 22.1 Å². The topological polar surface area (TPSA) is 89.7 Å². The van der Waals surface area contributed by atoms with E-state index in [1.807, 2.05) is 6.92 Å². The number of halogens is 1. The zero-order valence-corrected chi connectivity index (χ0v) is 10.4. The second kappa shape index (κ2) is 6.20. The molecule has 1 aromatic carbocycles. The van der Waals surface area contributed by atoms with Crippen molar-refractivity contribution in [3.8, 4) is 5.75 Å². The number of ether oxygens (including phenoxy) is 1. The third-order valence-electron chi connectivity index (χ3n) is 2.29. The smallest absolute Gasteiger partial charge is 0.449 e. The lowest BCUT2D eigenvalue weighted by molar-refractivity contribution is -0.386. The van der Waals surface area contributed by atoms with Gasteiger partial charge in [-0.05, 0) is 18.4 Å². The van der Waals surface area contributed by atoms with E-state index >= 15 is 0 Å². The highest BCUT2D eigenvalue weighted by Crippen LogP contribution is 2.32. The quantitative estimate of drug-likeness (QED) is 0.293. The van der Waals surface area contributed by atoms with Crippen molar-refractivity contribution < 1.29 is 19.6 Å². The summed E-state index contributed by atoms with van der Waals surface area (Å²) in [7, 11) is 0. The zero-order chi connectivity index (χ0) is 13.7. The Hall–Kier alpha value is -1.82. The van der Waals surface area contributed by atoms with Crippen molar-refractivity contribution in [1.29, 1.82) is 0 Å². The molecule has 0 spiro atoms. The van der Waals surface area contributed by atoms with Crippen LogP contribution in [0.1, 0.15) is 12.5 Å². The number of rotatable bonds is 5. The Morgan fingerprint density at radius 1 is 1.61 bits per heavy atom. The van der Waals surface area contributed by atoms with Crippen LogP contribution in [0.5, 0.6) is 5.75 Å². The summed E-state index contributed by atoms with van der Waals surface area (Å²) in [5, 5.41) is 19.5. The molecular weight excluding hydrogens is 262 g/mol. The molecule has 0 saturated heterocycles. The lowest BCUT2D eigenvalue weighted by Gasteiger charge is -2.09. The Kier molecular flexibility index (Phi) is 4.91. The number of nitro benzene ring substituents is 1. The fourth-order valence-corrected chi connectivity index (χ4v) is 1.66. The van der Waals surface area contributed by atoms with E-state index in [0.29, 0.717) is 17.9 Å². The number of carboxylic acid groups (broad SMARTS) is 1. The molecule has 18 heavy (non-hydrogen) atoms. The highest BCUT2D eigenvalue weighted by Gasteiger charge is 2.23. The van der Waals surface area contributed by atoms with Crippen molar-refractivity contribution in [2.45, 2.75) is 13.3 Å². The van der Waals surface area contributed by atoms with Gasteiger partial charge in [0.25, 0.3) is 0 Å². The summed E-state index contributed by atoms with van der Waals surface area (Å²) in [6.07, 6.45) is -1.20. The first-order chi connectivity index (χ1) is 8.45. The van der Waals surface area contributed by atoms with E-state index in [-0.39, 0.29) is 17.4 Å². The second-order valence-electron chi connectivity index (χ2n) is 3.85. The predicted octanol–water partition coefficient (Wildman–Crippen LogP) is 3.07. The Bertz CT molecular complexity index is 463. The zero-order valence-electron chi connectivity index (χ0n) is 9.63. The largest absolute Gasteiger partial charge is 0.511 e. The monoisotopic (exact) mass is 273 g/mol. The van der Waals surface area contributed by atoms with Gasteiger partial charge < -0.3 is 9.84 Å². The molecule has 1 aromatic rings. The van der Waals surface area contributed by atoms with Crippen molar-refractivity contribution >= 4 is 23.4 Å². The van der Waals surface area contributed by atoms with E-state index in [9.17, 15) is 14.9 Å². The number of nitrogens with zero attached hydrogens (tertiary/aromatic N) is 1. The third kappa shape index (κ3) is 3.59. The summed E-state index contributed by atoms with van der Waals surface area (Å²) in [6, 6.07) is 4.33. The molecule has 7 heteroatoms. The van der Waals surface area contributed by atoms with Gasteiger partial charge in [0.2, 0.25) is 5.75 Å². The first-order valence-corrected chi connectivity index (χ1v) is 5.72. The lowest BCUT2D eigenvalue weighted by Crippen LogP contribution is -2.09. The van der Waals surface area contributed by atoms with Crippen LogP contribution in [0, 0.1) is 16.0 Å². The van der Waals surface area contributed by atoms with E-state index in [4.69, 9.17) is 16.7 Å². The Balaban J connectivity index is 3.17. The van der Waals surface area contributed by atoms with Gasteiger partial charge in [-0.1, -0.05) is 19.1 Å². The molecule has 0 aliphatic carbocycles. The van der Waals surface area contributed by atoms with Gasteiger partial charge in [0.05, 0.1) is 4.92 Å². The summed E-state index contributed by atoms with van der Waals surface area (Å²) in [4.78, 5) is 20.8. The highest BCUT2D eigenvalue weighted by molar-refractivity contribution is 6.18. The number of hydrogen-bond donors (Lipinski definition) is 1. The summed E-state index contributed by atoms with van der Waals surface area (Å²) in [5.74, 6) is 0.137. The van der Waals surface area contributed by atoms with Gasteiger partial charge in [0.1, 0.15) is 0 Å². The van der Waals surface area contributed by atoms with Gasteiger partial charge in [-0.15, -0.1) is 11.6 Å². The second-order valence-corrected chi connectivity index (χ2v) is 4.16. The molecule has 1 rings (SSSR count). The molecule has 0 amide bonds. The number of alkyl halides is 1. The molecule has 0 bridgehead atoms. The molecule has 0 aromatic heterocycles. The fraction of sp³-hybridized carbons (Fsp3) is 0.364. The first-order valence-electron chi connectivity index (χ1n) is 5.18. The maximum absolute atomic E-state index is 11.0. The van der Waals surface area contributed by atoms with Crippen LogP contribution in [-0.2, 0) is 6.42 Å². The molecule has 0 radical (unpaired) electrons. The molecule has 0 aliphatic heterocycles. The molecule has 0 fully saturated rings. The van der Waals surface area contributed by atoms with Crippen LogP contribution in [0.25, 0.3) is 0 Å². The molecule has 0 aliphatic rings. The Morgan fingerprint density at radius 3 is 2.78 bits per heavy atom. The molecule has 6 nitrogen and oxygen atoms in total. The van der Waals surface area contributed by atoms with Crippen LogP contribution in [0.3, 0.4) is 0 Å². The summed E-state index contributed by atoms with van der Waals surface area (Å²) in [6.45, 7) is 1.85. The van der Waals surface area contributed by atoms with Gasteiger partial charge in [0.15, 0.2) is 0 Å². The van der Waals surface area contributed by atoms with Crippen LogP contribution >= 0.6 is 11.6 Å². The van der Waals surface area contributed by atoms with Crippen molar-refractivity contribution in [3.05, 3.63) is 33.9 Å². The number of nitro groups is 1. The van der Waals surface area contributed by atoms with Crippen LogP contribution in [0.2, 0.25) is 0 Å². The van der Waals surface area contributed by atoms with E-state index in [1.165, 1.54) is 12.1 Å². The molecule has 0 heterocycles. The SMILES string of the molecule is CC(CCl)Cc1cccc(OC(=O)O)c1[N+](=O)[O-]. The van der Waals surface area contributed by atoms with Crippen LogP contribution in [0.4, 0.5) is 10.5 Å². The summed E-state index contributed by atoms with van der Waals surface area (Å²) in [5.41, 5.74) is 0.0868. The van der Waals surface area contributed by atoms with Crippen molar-refractivity contribution in [3.63, 3.8) is 0 Å². The average molecular weight is 274 g/mol. The summed E-state index contributed by atoms with van der Waals surface area (Å²) < 4.78 is 4.40. The van der Waals surface area contributed by atoms with Crippen molar-refractivity contribution in [2.24, 2.45) is 5.92 Å². The lowest BCUT2D eigenvalue weighted by atomic mass is 10.0. The number of hydrogen-bond acceptors (Lipinski definition) is 4. The molecule has 0 saturated carbocycles. The van der Waals surface area contributed by atoms with E-state index < -0.39 is 11.1 Å². The van der Waals surface area contributed by atoms with Gasteiger partial charge in [0, 0.05) is 11.4 Å². The standard InChI is InChI=1S/C11H12ClNO5/c1-7(6-12)5-8-3-2-4-9(18-11(14)15)10(8)13(16)17/h2-4,7H,5-6H2,1H3,(H,14,15). The van der Waals surface area contributed by atoms with E-state index in [2.05, 4.69) is 4.74 Å². The molecule has 1 atom stereocenters. The van der Waals surface area contributed by atoms with E-state index in [0.717, 1.165) is 0 Å². The highest BCUT2D eigenvalue weighted by atomic mass is 35.5. The minimum absolute atomic E-state index is 0.0467. The van der Waals surface area contributed by atoms with E-state index in [1.54, 1.807) is 6.07 Å². The molecule has 1 unspecified atom stereocenters. The number of para-hydroxylation sites is 1. The molecular formula is C11H12ClNO5. The maximum atomic E-state index is 11.0.